The van der Waals surface area contributed by atoms with Gasteiger partial charge in [-0.15, -0.1) is 0 Å². The lowest BCUT2D eigenvalue weighted by molar-refractivity contribution is -0.120. The molecule has 126 valence electrons. The highest BCUT2D eigenvalue weighted by atomic mass is 79.9. The van der Waals surface area contributed by atoms with Crippen LogP contribution in [0.4, 0.5) is 0 Å². The van der Waals surface area contributed by atoms with Crippen LogP contribution in [0.2, 0.25) is 0 Å². The van der Waals surface area contributed by atoms with Crippen molar-refractivity contribution in [3.63, 3.8) is 0 Å². The molecule has 2 nitrogen and oxygen atoms in total. The summed E-state index contributed by atoms with van der Waals surface area (Å²) in [5, 5.41) is 3.20. The van der Waals surface area contributed by atoms with E-state index in [0.29, 0.717) is 6.42 Å². The third kappa shape index (κ3) is 4.58. The summed E-state index contributed by atoms with van der Waals surface area (Å²) in [6.07, 6.45) is 0.356. The molecule has 3 aromatic rings. The highest BCUT2D eigenvalue weighted by Crippen LogP contribution is 2.25. The molecule has 3 rings (SSSR count). The zero-order chi connectivity index (χ0) is 17.6. The molecular formula is C22H20BrNO. The first-order chi connectivity index (χ1) is 12.1. The van der Waals surface area contributed by atoms with Crippen LogP contribution in [0.1, 0.15) is 28.3 Å². The van der Waals surface area contributed by atoms with Crippen molar-refractivity contribution in [1.29, 1.82) is 0 Å². The van der Waals surface area contributed by atoms with Gasteiger partial charge >= 0.3 is 0 Å². The minimum atomic E-state index is -0.151. The second-order valence-electron chi connectivity index (χ2n) is 6.07. The standard InChI is InChI=1S/C22H20BrNO/c1-16-8-5-6-13-20(16)22(18-10-3-2-4-11-18)24-21(25)15-17-9-7-12-19(23)14-17/h2-14,22H,15H2,1H3,(H,24,25). The molecule has 1 unspecified atom stereocenters. The first-order valence-electron chi connectivity index (χ1n) is 8.28. The number of hydrogen-bond donors (Lipinski definition) is 1. The summed E-state index contributed by atoms with van der Waals surface area (Å²) >= 11 is 3.45. The molecule has 0 aliphatic rings. The first kappa shape index (κ1) is 17.4. The molecular weight excluding hydrogens is 374 g/mol. The number of halogens is 1. The fourth-order valence-electron chi connectivity index (χ4n) is 2.94. The number of benzene rings is 3. The van der Waals surface area contributed by atoms with E-state index < -0.39 is 0 Å². The van der Waals surface area contributed by atoms with E-state index in [2.05, 4.69) is 52.4 Å². The molecule has 0 radical (unpaired) electrons. The summed E-state index contributed by atoms with van der Waals surface area (Å²) in [6.45, 7) is 2.08. The number of carbonyl (C=O) groups excluding carboxylic acids is 1. The Labute approximate surface area is 157 Å². The van der Waals surface area contributed by atoms with E-state index in [1.165, 1.54) is 5.56 Å². The number of nitrogens with one attached hydrogen (secondary N) is 1. The van der Waals surface area contributed by atoms with Gasteiger partial charge in [-0.1, -0.05) is 82.7 Å². The Kier molecular flexibility index (Phi) is 5.67. The molecule has 3 heteroatoms. The number of rotatable bonds is 5. The maximum absolute atomic E-state index is 12.7. The molecule has 0 saturated heterocycles. The maximum Gasteiger partial charge on any atom is 0.225 e. The number of aryl methyl sites for hydroxylation is 1. The van der Waals surface area contributed by atoms with E-state index in [9.17, 15) is 4.79 Å². The molecule has 0 saturated carbocycles. The minimum Gasteiger partial charge on any atom is -0.345 e. The lowest BCUT2D eigenvalue weighted by atomic mass is 9.94. The average Bonchev–Trinajstić information content (AvgIpc) is 2.61. The van der Waals surface area contributed by atoms with E-state index >= 15 is 0 Å². The predicted octanol–water partition coefficient (Wildman–Crippen LogP) is 5.21. The van der Waals surface area contributed by atoms with Gasteiger partial charge in [0.2, 0.25) is 5.91 Å². The van der Waals surface area contributed by atoms with Crippen LogP contribution < -0.4 is 5.32 Å². The molecule has 0 spiro atoms. The summed E-state index contributed by atoms with van der Waals surface area (Å²) in [5.74, 6) is 0.00945. The van der Waals surface area contributed by atoms with Crippen molar-refractivity contribution in [3.8, 4) is 0 Å². The van der Waals surface area contributed by atoms with Crippen LogP contribution in [-0.2, 0) is 11.2 Å². The highest BCUT2D eigenvalue weighted by Gasteiger charge is 2.18. The maximum atomic E-state index is 12.7. The van der Waals surface area contributed by atoms with Gasteiger partial charge in [-0.3, -0.25) is 4.79 Å². The van der Waals surface area contributed by atoms with Crippen molar-refractivity contribution >= 4 is 21.8 Å². The minimum absolute atomic E-state index is 0.00945. The summed E-state index contributed by atoms with van der Waals surface area (Å²) in [5.41, 5.74) is 4.36. The van der Waals surface area contributed by atoms with Crippen LogP contribution in [0.15, 0.2) is 83.3 Å². The summed E-state index contributed by atoms with van der Waals surface area (Å²) < 4.78 is 0.983. The predicted molar refractivity (Wildman–Crippen MR) is 105 cm³/mol. The molecule has 1 N–H and O–H groups in total. The Morgan fingerprint density at radius 3 is 2.40 bits per heavy atom. The Hall–Kier alpha value is -2.39. The van der Waals surface area contributed by atoms with Crippen LogP contribution in [0, 0.1) is 6.92 Å². The molecule has 1 atom stereocenters. The van der Waals surface area contributed by atoms with Gasteiger partial charge < -0.3 is 5.32 Å². The molecule has 0 bridgehead atoms. The summed E-state index contributed by atoms with van der Waals surface area (Å²) in [7, 11) is 0. The Balaban J connectivity index is 1.85. The molecule has 1 amide bonds. The molecule has 0 aromatic heterocycles. The van der Waals surface area contributed by atoms with E-state index in [4.69, 9.17) is 0 Å². The van der Waals surface area contributed by atoms with Gasteiger partial charge in [0.25, 0.3) is 0 Å². The van der Waals surface area contributed by atoms with Crippen molar-refractivity contribution in [2.24, 2.45) is 0 Å². The van der Waals surface area contributed by atoms with Crippen LogP contribution in [0.3, 0.4) is 0 Å². The summed E-state index contributed by atoms with van der Waals surface area (Å²) in [6, 6.07) is 26.0. The van der Waals surface area contributed by atoms with Crippen molar-refractivity contribution in [3.05, 3.63) is 106 Å². The number of hydrogen-bond acceptors (Lipinski definition) is 1. The Morgan fingerprint density at radius 1 is 0.960 bits per heavy atom. The van der Waals surface area contributed by atoms with Crippen molar-refractivity contribution < 1.29 is 4.79 Å². The lowest BCUT2D eigenvalue weighted by Crippen LogP contribution is -2.31. The van der Waals surface area contributed by atoms with Gasteiger partial charge in [-0.05, 0) is 41.3 Å². The Bertz CT molecular complexity index is 861. The fourth-order valence-corrected chi connectivity index (χ4v) is 3.39. The molecule has 0 aliphatic carbocycles. The molecule has 25 heavy (non-hydrogen) atoms. The monoisotopic (exact) mass is 393 g/mol. The molecule has 0 aliphatic heterocycles. The van der Waals surface area contributed by atoms with Gasteiger partial charge in [0.1, 0.15) is 0 Å². The normalized spacial score (nSPS) is 11.8. The summed E-state index contributed by atoms with van der Waals surface area (Å²) in [4.78, 5) is 12.7. The van der Waals surface area contributed by atoms with Gasteiger partial charge in [-0.25, -0.2) is 0 Å². The van der Waals surface area contributed by atoms with Crippen molar-refractivity contribution in [2.75, 3.05) is 0 Å². The molecule has 3 aromatic carbocycles. The van der Waals surface area contributed by atoms with E-state index in [1.54, 1.807) is 0 Å². The topological polar surface area (TPSA) is 29.1 Å². The van der Waals surface area contributed by atoms with Crippen molar-refractivity contribution in [2.45, 2.75) is 19.4 Å². The smallest absolute Gasteiger partial charge is 0.225 e. The van der Waals surface area contributed by atoms with E-state index in [-0.39, 0.29) is 11.9 Å². The van der Waals surface area contributed by atoms with Crippen LogP contribution in [-0.4, -0.2) is 5.91 Å². The Morgan fingerprint density at radius 2 is 1.68 bits per heavy atom. The fraction of sp³-hybridized carbons (Fsp3) is 0.136. The quantitative estimate of drug-likeness (QED) is 0.633. The second-order valence-corrected chi connectivity index (χ2v) is 6.99. The number of amides is 1. The van der Waals surface area contributed by atoms with Gasteiger partial charge in [0.05, 0.1) is 12.5 Å². The van der Waals surface area contributed by atoms with Gasteiger partial charge in [0.15, 0.2) is 0 Å². The molecule has 0 fully saturated rings. The highest BCUT2D eigenvalue weighted by molar-refractivity contribution is 9.10. The average molecular weight is 394 g/mol. The van der Waals surface area contributed by atoms with Crippen molar-refractivity contribution in [1.82, 2.24) is 5.32 Å². The van der Waals surface area contributed by atoms with Crippen LogP contribution in [0.25, 0.3) is 0 Å². The van der Waals surface area contributed by atoms with Crippen LogP contribution in [0.5, 0.6) is 0 Å². The van der Waals surface area contributed by atoms with E-state index in [0.717, 1.165) is 21.2 Å². The third-order valence-electron chi connectivity index (χ3n) is 4.19. The zero-order valence-corrected chi connectivity index (χ0v) is 15.7. The first-order valence-corrected chi connectivity index (χ1v) is 9.07. The third-order valence-corrected chi connectivity index (χ3v) is 4.68. The largest absolute Gasteiger partial charge is 0.345 e. The van der Waals surface area contributed by atoms with E-state index in [1.807, 2.05) is 54.6 Å². The SMILES string of the molecule is Cc1ccccc1C(NC(=O)Cc1cccc(Br)c1)c1ccccc1. The molecule has 0 heterocycles. The zero-order valence-electron chi connectivity index (χ0n) is 14.1. The van der Waals surface area contributed by atoms with Crippen LogP contribution >= 0.6 is 15.9 Å². The second kappa shape index (κ2) is 8.13. The number of carbonyl (C=O) groups is 1. The lowest BCUT2D eigenvalue weighted by Gasteiger charge is -2.22. The van der Waals surface area contributed by atoms with Gasteiger partial charge in [-0.2, -0.15) is 0 Å². The van der Waals surface area contributed by atoms with Gasteiger partial charge in [0, 0.05) is 4.47 Å².